The van der Waals surface area contributed by atoms with Crippen molar-refractivity contribution in [3.63, 3.8) is 0 Å². The van der Waals surface area contributed by atoms with Crippen LogP contribution in [0.4, 0.5) is 5.69 Å². The van der Waals surface area contributed by atoms with E-state index in [1.54, 1.807) is 7.11 Å². The zero-order valence-corrected chi connectivity index (χ0v) is 14.5. The largest absolute Gasteiger partial charge is 0.497 e. The fourth-order valence-electron chi connectivity index (χ4n) is 2.97. The van der Waals surface area contributed by atoms with E-state index in [9.17, 15) is 0 Å². The predicted molar refractivity (Wildman–Crippen MR) is 98.9 cm³/mol. The topological polar surface area (TPSA) is 38.2 Å². The van der Waals surface area contributed by atoms with Crippen LogP contribution < -0.4 is 9.64 Å². The summed E-state index contributed by atoms with van der Waals surface area (Å²) in [6.07, 6.45) is 4.69. The fraction of sp³-hybridized carbons (Fsp3) is 0.300. The zero-order valence-electron chi connectivity index (χ0n) is 14.5. The molecule has 0 atom stereocenters. The monoisotopic (exact) mass is 321 g/mol. The molecule has 0 N–H and O–H groups in total. The van der Waals surface area contributed by atoms with Crippen molar-refractivity contribution in [2.24, 2.45) is 0 Å². The molecule has 0 bridgehead atoms. The second kappa shape index (κ2) is 7.30. The summed E-state index contributed by atoms with van der Waals surface area (Å²) in [6, 6.07) is 12.4. The van der Waals surface area contributed by atoms with Crippen LogP contribution >= 0.6 is 0 Å². The maximum absolute atomic E-state index is 5.40. The highest BCUT2D eigenvalue weighted by molar-refractivity contribution is 5.93. The summed E-state index contributed by atoms with van der Waals surface area (Å²) < 4.78 is 5.40. The van der Waals surface area contributed by atoms with Gasteiger partial charge in [-0.05, 0) is 62.2 Å². The van der Waals surface area contributed by atoms with Crippen molar-refractivity contribution < 1.29 is 4.74 Å². The molecule has 0 unspecified atom stereocenters. The molecule has 0 saturated heterocycles. The van der Waals surface area contributed by atoms with E-state index in [2.05, 4.69) is 46.1 Å². The minimum Gasteiger partial charge on any atom is -0.497 e. The fourth-order valence-corrected chi connectivity index (χ4v) is 2.97. The maximum Gasteiger partial charge on any atom is 0.119 e. The molecule has 1 aromatic carbocycles. The molecule has 0 amide bonds. The first-order valence-corrected chi connectivity index (χ1v) is 8.30. The molecule has 124 valence electrons. The van der Waals surface area contributed by atoms with Gasteiger partial charge in [0.1, 0.15) is 5.75 Å². The van der Waals surface area contributed by atoms with E-state index in [0.29, 0.717) is 0 Å². The van der Waals surface area contributed by atoms with Gasteiger partial charge >= 0.3 is 0 Å². The highest BCUT2D eigenvalue weighted by Crippen LogP contribution is 2.30. The number of aryl methyl sites for hydroxylation is 1. The van der Waals surface area contributed by atoms with Crippen molar-refractivity contribution in [3.05, 3.63) is 60.0 Å². The number of hydrogen-bond acceptors (Lipinski definition) is 4. The first kappa shape index (κ1) is 16.2. The molecule has 2 aromatic heterocycles. The van der Waals surface area contributed by atoms with Gasteiger partial charge in [0.15, 0.2) is 0 Å². The summed E-state index contributed by atoms with van der Waals surface area (Å²) in [5, 5.41) is 1.14. The van der Waals surface area contributed by atoms with E-state index < -0.39 is 0 Å². The number of anilines is 1. The lowest BCUT2D eigenvalue weighted by atomic mass is 10.1. The normalized spacial score (nSPS) is 10.8. The van der Waals surface area contributed by atoms with Crippen LogP contribution in [0.2, 0.25) is 0 Å². The minimum atomic E-state index is 0.861. The van der Waals surface area contributed by atoms with Gasteiger partial charge in [-0.2, -0.15) is 0 Å². The Morgan fingerprint density at radius 3 is 2.58 bits per heavy atom. The SMILES string of the molecule is CCN(CCc1ccncc1)c1cc(C)nc2ccc(OC)cc12. The standard InChI is InChI=1S/C20H23N3O/c1-4-23(12-9-16-7-10-21-11-8-16)20-13-15(2)22-19-6-5-17(24-3)14-18(19)20/h5-8,10-11,13-14H,4,9,12H2,1-3H3. The third kappa shape index (κ3) is 3.48. The molecule has 24 heavy (non-hydrogen) atoms. The van der Waals surface area contributed by atoms with Crippen LogP contribution in [-0.2, 0) is 6.42 Å². The van der Waals surface area contributed by atoms with Gasteiger partial charge in [-0.25, -0.2) is 0 Å². The number of hydrogen-bond donors (Lipinski definition) is 0. The van der Waals surface area contributed by atoms with E-state index in [0.717, 1.165) is 41.9 Å². The molecule has 0 saturated carbocycles. The molecule has 4 heteroatoms. The van der Waals surface area contributed by atoms with Gasteiger partial charge in [-0.3, -0.25) is 9.97 Å². The molecule has 3 rings (SSSR count). The van der Waals surface area contributed by atoms with E-state index in [-0.39, 0.29) is 0 Å². The number of likely N-dealkylation sites (N-methyl/N-ethyl adjacent to an activating group) is 1. The zero-order chi connectivity index (χ0) is 16.9. The smallest absolute Gasteiger partial charge is 0.119 e. The molecule has 0 radical (unpaired) electrons. The van der Waals surface area contributed by atoms with Gasteiger partial charge in [0, 0.05) is 42.3 Å². The van der Waals surface area contributed by atoms with Gasteiger partial charge in [0.2, 0.25) is 0 Å². The maximum atomic E-state index is 5.40. The molecule has 2 heterocycles. The lowest BCUT2D eigenvalue weighted by Crippen LogP contribution is -2.25. The number of nitrogens with zero attached hydrogens (tertiary/aromatic N) is 3. The van der Waals surface area contributed by atoms with Gasteiger partial charge in [-0.1, -0.05) is 0 Å². The van der Waals surface area contributed by atoms with Crippen molar-refractivity contribution in [2.75, 3.05) is 25.1 Å². The third-order valence-corrected chi connectivity index (χ3v) is 4.26. The van der Waals surface area contributed by atoms with Crippen LogP contribution in [-0.4, -0.2) is 30.2 Å². The molecule has 3 aromatic rings. The third-order valence-electron chi connectivity index (χ3n) is 4.26. The Hall–Kier alpha value is -2.62. The number of rotatable bonds is 6. The first-order valence-electron chi connectivity index (χ1n) is 8.30. The molecular weight excluding hydrogens is 298 g/mol. The first-order chi connectivity index (χ1) is 11.7. The second-order valence-corrected chi connectivity index (χ2v) is 5.85. The molecule has 0 aliphatic carbocycles. The number of methoxy groups -OCH3 is 1. The number of aromatic nitrogens is 2. The van der Waals surface area contributed by atoms with E-state index in [1.165, 1.54) is 11.3 Å². The number of ether oxygens (including phenoxy) is 1. The van der Waals surface area contributed by atoms with Crippen LogP contribution in [0.1, 0.15) is 18.2 Å². The Labute approximate surface area is 143 Å². The van der Waals surface area contributed by atoms with Crippen molar-refractivity contribution >= 4 is 16.6 Å². The summed E-state index contributed by atoms with van der Waals surface area (Å²) in [4.78, 5) is 11.1. The Bertz CT molecular complexity index is 818. The summed E-state index contributed by atoms with van der Waals surface area (Å²) >= 11 is 0. The number of pyridine rings is 2. The van der Waals surface area contributed by atoms with Crippen LogP contribution in [0.15, 0.2) is 48.8 Å². The summed E-state index contributed by atoms with van der Waals surface area (Å²) in [7, 11) is 1.70. The van der Waals surface area contributed by atoms with E-state index in [4.69, 9.17) is 4.74 Å². The Morgan fingerprint density at radius 2 is 1.88 bits per heavy atom. The van der Waals surface area contributed by atoms with Crippen LogP contribution in [0.25, 0.3) is 10.9 Å². The average molecular weight is 321 g/mol. The second-order valence-electron chi connectivity index (χ2n) is 5.85. The van der Waals surface area contributed by atoms with Crippen LogP contribution in [0.5, 0.6) is 5.75 Å². The minimum absolute atomic E-state index is 0.861. The van der Waals surface area contributed by atoms with Crippen LogP contribution in [0.3, 0.4) is 0 Å². The van der Waals surface area contributed by atoms with Crippen LogP contribution in [0, 0.1) is 6.92 Å². The molecular formula is C20H23N3O. The van der Waals surface area contributed by atoms with Crippen molar-refractivity contribution in [2.45, 2.75) is 20.3 Å². The summed E-state index contributed by atoms with van der Waals surface area (Å²) in [5.41, 5.74) is 4.56. The molecule has 0 fully saturated rings. The Balaban J connectivity index is 1.95. The highest BCUT2D eigenvalue weighted by Gasteiger charge is 2.12. The van der Waals surface area contributed by atoms with E-state index in [1.807, 2.05) is 31.5 Å². The van der Waals surface area contributed by atoms with E-state index >= 15 is 0 Å². The molecule has 4 nitrogen and oxygen atoms in total. The van der Waals surface area contributed by atoms with Gasteiger partial charge in [0.25, 0.3) is 0 Å². The molecule has 0 aliphatic heterocycles. The molecule has 0 spiro atoms. The van der Waals surface area contributed by atoms with Gasteiger partial charge in [-0.15, -0.1) is 0 Å². The average Bonchev–Trinajstić information content (AvgIpc) is 2.62. The van der Waals surface area contributed by atoms with Gasteiger partial charge in [0.05, 0.1) is 12.6 Å². The Kier molecular flexibility index (Phi) is 4.94. The quantitative estimate of drug-likeness (QED) is 0.687. The van der Waals surface area contributed by atoms with Crippen molar-refractivity contribution in [1.82, 2.24) is 9.97 Å². The lowest BCUT2D eigenvalue weighted by molar-refractivity contribution is 0.415. The highest BCUT2D eigenvalue weighted by atomic mass is 16.5. The number of benzene rings is 1. The number of fused-ring (bicyclic) bond motifs is 1. The Morgan fingerprint density at radius 1 is 1.08 bits per heavy atom. The lowest BCUT2D eigenvalue weighted by Gasteiger charge is -2.25. The summed E-state index contributed by atoms with van der Waals surface area (Å²) in [5.74, 6) is 0.861. The van der Waals surface area contributed by atoms with Crippen molar-refractivity contribution in [3.8, 4) is 5.75 Å². The van der Waals surface area contributed by atoms with Gasteiger partial charge < -0.3 is 9.64 Å². The predicted octanol–water partition coefficient (Wildman–Crippen LogP) is 4.02. The summed E-state index contributed by atoms with van der Waals surface area (Å²) in [6.45, 7) is 6.13. The van der Waals surface area contributed by atoms with Crippen molar-refractivity contribution in [1.29, 1.82) is 0 Å². The molecule has 0 aliphatic rings.